The standard InChI is InChI=1S/C18H24BNO3/c1-17(2)18(3,4)23-19(22-17)15-6-5-14(12-20)16(11-15)13-7-9-21-10-8-13/h5-6,11,13H,7-10H2,1-4H3. The molecule has 0 spiro atoms. The molecule has 2 aliphatic heterocycles. The van der Waals surface area contributed by atoms with Crippen molar-refractivity contribution in [1.82, 2.24) is 0 Å². The molecule has 1 aromatic carbocycles. The average molecular weight is 313 g/mol. The van der Waals surface area contributed by atoms with Crippen molar-refractivity contribution in [3.05, 3.63) is 29.3 Å². The highest BCUT2D eigenvalue weighted by Gasteiger charge is 2.51. The first-order valence-electron chi connectivity index (χ1n) is 8.31. The van der Waals surface area contributed by atoms with E-state index >= 15 is 0 Å². The highest BCUT2D eigenvalue weighted by atomic mass is 16.7. The highest BCUT2D eigenvalue weighted by molar-refractivity contribution is 6.62. The molecule has 0 N–H and O–H groups in total. The minimum Gasteiger partial charge on any atom is -0.399 e. The van der Waals surface area contributed by atoms with Gasteiger partial charge in [-0.25, -0.2) is 0 Å². The molecule has 2 saturated heterocycles. The Bertz CT molecular complexity index is 614. The third-order valence-corrected chi connectivity index (χ3v) is 5.38. The molecule has 0 amide bonds. The van der Waals surface area contributed by atoms with Gasteiger partial charge in [0.25, 0.3) is 0 Å². The molecule has 0 aromatic heterocycles. The van der Waals surface area contributed by atoms with Crippen molar-refractivity contribution >= 4 is 12.6 Å². The number of hydrogen-bond donors (Lipinski definition) is 0. The smallest absolute Gasteiger partial charge is 0.399 e. The molecule has 2 aliphatic rings. The average Bonchev–Trinajstić information content (AvgIpc) is 2.75. The van der Waals surface area contributed by atoms with Crippen LogP contribution in [0.2, 0.25) is 0 Å². The van der Waals surface area contributed by atoms with Crippen LogP contribution in [0.15, 0.2) is 18.2 Å². The molecule has 2 fully saturated rings. The van der Waals surface area contributed by atoms with Gasteiger partial charge in [0.2, 0.25) is 0 Å². The third-order valence-electron chi connectivity index (χ3n) is 5.38. The molecule has 0 radical (unpaired) electrons. The fourth-order valence-electron chi connectivity index (χ4n) is 3.16. The summed E-state index contributed by atoms with van der Waals surface area (Å²) in [4.78, 5) is 0. The SMILES string of the molecule is CC1(C)OB(c2ccc(C#N)c(C3CCOCC3)c2)OC1(C)C. The summed E-state index contributed by atoms with van der Waals surface area (Å²) in [5.74, 6) is 0.376. The van der Waals surface area contributed by atoms with Crippen LogP contribution in [0.3, 0.4) is 0 Å². The molecule has 0 atom stereocenters. The molecule has 4 nitrogen and oxygen atoms in total. The summed E-state index contributed by atoms with van der Waals surface area (Å²) in [6.45, 7) is 9.73. The zero-order valence-electron chi connectivity index (χ0n) is 14.4. The van der Waals surface area contributed by atoms with E-state index in [1.807, 2.05) is 12.1 Å². The summed E-state index contributed by atoms with van der Waals surface area (Å²) in [5, 5.41) is 9.43. The summed E-state index contributed by atoms with van der Waals surface area (Å²) in [6, 6.07) is 8.26. The third kappa shape index (κ3) is 3.04. The van der Waals surface area contributed by atoms with Gasteiger partial charge >= 0.3 is 7.12 Å². The van der Waals surface area contributed by atoms with Gasteiger partial charge in [-0.1, -0.05) is 12.1 Å². The molecular weight excluding hydrogens is 289 g/mol. The molecule has 0 unspecified atom stereocenters. The van der Waals surface area contributed by atoms with E-state index in [-0.39, 0.29) is 18.3 Å². The summed E-state index contributed by atoms with van der Waals surface area (Å²) in [7, 11) is -0.383. The molecule has 0 aliphatic carbocycles. The van der Waals surface area contributed by atoms with Gasteiger partial charge in [0.15, 0.2) is 0 Å². The van der Waals surface area contributed by atoms with Crippen LogP contribution in [-0.4, -0.2) is 31.5 Å². The van der Waals surface area contributed by atoms with E-state index in [0.717, 1.165) is 42.6 Å². The number of benzene rings is 1. The van der Waals surface area contributed by atoms with Crippen molar-refractivity contribution in [2.45, 2.75) is 57.7 Å². The maximum absolute atomic E-state index is 9.43. The van der Waals surface area contributed by atoms with Gasteiger partial charge in [-0.3, -0.25) is 0 Å². The lowest BCUT2D eigenvalue weighted by atomic mass is 9.75. The Hall–Kier alpha value is -1.35. The van der Waals surface area contributed by atoms with E-state index in [0.29, 0.717) is 5.92 Å². The van der Waals surface area contributed by atoms with E-state index in [9.17, 15) is 5.26 Å². The second-order valence-electron chi connectivity index (χ2n) is 7.43. The van der Waals surface area contributed by atoms with Crippen LogP contribution in [0, 0.1) is 11.3 Å². The molecule has 23 heavy (non-hydrogen) atoms. The first kappa shape index (κ1) is 16.5. The first-order valence-corrected chi connectivity index (χ1v) is 8.31. The van der Waals surface area contributed by atoms with Gasteiger partial charge in [-0.2, -0.15) is 5.26 Å². The Balaban J connectivity index is 1.91. The van der Waals surface area contributed by atoms with Crippen molar-refractivity contribution in [1.29, 1.82) is 5.26 Å². The van der Waals surface area contributed by atoms with Crippen LogP contribution in [-0.2, 0) is 14.0 Å². The van der Waals surface area contributed by atoms with Crippen LogP contribution in [0.4, 0.5) is 0 Å². The normalized spacial score (nSPS) is 23.7. The molecule has 5 heteroatoms. The fourth-order valence-corrected chi connectivity index (χ4v) is 3.16. The van der Waals surface area contributed by atoms with Gasteiger partial charge in [0.1, 0.15) is 0 Å². The van der Waals surface area contributed by atoms with Gasteiger partial charge in [-0.05, 0) is 63.5 Å². The highest BCUT2D eigenvalue weighted by Crippen LogP contribution is 2.37. The minimum absolute atomic E-state index is 0.357. The fraction of sp³-hybridized carbons (Fsp3) is 0.611. The number of ether oxygens (including phenoxy) is 1. The summed E-state index contributed by atoms with van der Waals surface area (Å²) in [6.07, 6.45) is 1.92. The van der Waals surface area contributed by atoms with Crippen molar-refractivity contribution in [3.63, 3.8) is 0 Å². The van der Waals surface area contributed by atoms with Crippen LogP contribution >= 0.6 is 0 Å². The van der Waals surface area contributed by atoms with Gasteiger partial charge in [0, 0.05) is 13.2 Å². The summed E-state index contributed by atoms with van der Waals surface area (Å²) < 4.78 is 17.7. The van der Waals surface area contributed by atoms with Crippen molar-refractivity contribution in [2.24, 2.45) is 0 Å². The molecule has 0 saturated carbocycles. The zero-order valence-corrected chi connectivity index (χ0v) is 14.4. The lowest BCUT2D eigenvalue weighted by Gasteiger charge is -2.32. The van der Waals surface area contributed by atoms with Crippen molar-refractivity contribution in [2.75, 3.05) is 13.2 Å². The Kier molecular flexibility index (Phi) is 4.26. The number of nitriles is 1. The topological polar surface area (TPSA) is 51.5 Å². The van der Waals surface area contributed by atoms with Crippen LogP contribution < -0.4 is 5.46 Å². The maximum atomic E-state index is 9.43. The van der Waals surface area contributed by atoms with E-state index in [1.165, 1.54) is 0 Å². The second kappa shape index (κ2) is 5.94. The number of nitrogens with zero attached hydrogens (tertiary/aromatic N) is 1. The molecular formula is C18H24BNO3. The van der Waals surface area contributed by atoms with Crippen molar-refractivity contribution < 1.29 is 14.0 Å². The number of hydrogen-bond acceptors (Lipinski definition) is 4. The molecule has 0 bridgehead atoms. The van der Waals surface area contributed by atoms with Gasteiger partial charge in [0.05, 0.1) is 22.8 Å². The van der Waals surface area contributed by atoms with E-state index in [2.05, 4.69) is 39.8 Å². The Morgan fingerprint density at radius 3 is 2.26 bits per heavy atom. The Morgan fingerprint density at radius 2 is 1.70 bits per heavy atom. The second-order valence-corrected chi connectivity index (χ2v) is 7.43. The van der Waals surface area contributed by atoms with Crippen LogP contribution in [0.5, 0.6) is 0 Å². The first-order chi connectivity index (χ1) is 10.8. The number of rotatable bonds is 2. The monoisotopic (exact) mass is 313 g/mol. The maximum Gasteiger partial charge on any atom is 0.494 e. The Morgan fingerprint density at radius 1 is 1.09 bits per heavy atom. The summed E-state index contributed by atoms with van der Waals surface area (Å²) in [5.41, 5.74) is 2.12. The Labute approximate surface area is 138 Å². The van der Waals surface area contributed by atoms with Crippen molar-refractivity contribution in [3.8, 4) is 6.07 Å². The van der Waals surface area contributed by atoms with E-state index in [4.69, 9.17) is 14.0 Å². The minimum atomic E-state index is -0.383. The van der Waals surface area contributed by atoms with E-state index in [1.54, 1.807) is 0 Å². The van der Waals surface area contributed by atoms with Crippen LogP contribution in [0.1, 0.15) is 57.6 Å². The molecule has 2 heterocycles. The summed E-state index contributed by atoms with van der Waals surface area (Å²) >= 11 is 0. The molecule has 1 aromatic rings. The van der Waals surface area contributed by atoms with Gasteiger partial charge < -0.3 is 14.0 Å². The molecule has 122 valence electrons. The van der Waals surface area contributed by atoms with E-state index < -0.39 is 0 Å². The lowest BCUT2D eigenvalue weighted by Crippen LogP contribution is -2.41. The zero-order chi connectivity index (χ0) is 16.7. The molecule has 3 rings (SSSR count). The quantitative estimate of drug-likeness (QED) is 0.788. The lowest BCUT2D eigenvalue weighted by molar-refractivity contribution is 0.00578. The van der Waals surface area contributed by atoms with Crippen LogP contribution in [0.25, 0.3) is 0 Å². The van der Waals surface area contributed by atoms with Gasteiger partial charge in [-0.15, -0.1) is 0 Å². The predicted molar refractivity (Wildman–Crippen MR) is 89.7 cm³/mol. The largest absolute Gasteiger partial charge is 0.494 e. The predicted octanol–water partition coefficient (Wildman–Crippen LogP) is 2.75.